The van der Waals surface area contributed by atoms with Crippen LogP contribution in [0.4, 0.5) is 0 Å². The first-order valence-electron chi connectivity index (χ1n) is 11.0. The molecule has 1 saturated carbocycles. The zero-order chi connectivity index (χ0) is 23.0. The molecule has 0 atom stereocenters. The zero-order valence-electron chi connectivity index (χ0n) is 18.7. The molecule has 0 saturated heterocycles. The molecule has 0 aromatic heterocycles. The number of rotatable bonds is 9. The lowest BCUT2D eigenvalue weighted by molar-refractivity contribution is -0.121. The van der Waals surface area contributed by atoms with Crippen molar-refractivity contribution in [1.82, 2.24) is 9.73 Å². The van der Waals surface area contributed by atoms with Gasteiger partial charge in [0.15, 0.2) is 0 Å². The molecule has 1 amide bonds. The minimum atomic E-state index is -3.79. The van der Waals surface area contributed by atoms with Crippen molar-refractivity contribution < 1.29 is 17.9 Å². The van der Waals surface area contributed by atoms with Crippen LogP contribution in [0.5, 0.6) is 5.75 Å². The van der Waals surface area contributed by atoms with Crippen LogP contribution in [0.3, 0.4) is 0 Å². The lowest BCUT2D eigenvalue weighted by Gasteiger charge is -2.32. The molecule has 32 heavy (non-hydrogen) atoms. The van der Waals surface area contributed by atoms with Gasteiger partial charge < -0.3 is 4.74 Å². The van der Waals surface area contributed by atoms with E-state index in [0.717, 1.165) is 49.0 Å². The number of carbonyl (C=O) groups excluding carboxylic acids is 1. The van der Waals surface area contributed by atoms with E-state index in [9.17, 15) is 13.2 Å². The predicted molar refractivity (Wildman–Crippen MR) is 125 cm³/mol. The van der Waals surface area contributed by atoms with Gasteiger partial charge in [-0.15, -0.1) is 0 Å². The van der Waals surface area contributed by atoms with E-state index in [1.54, 1.807) is 24.3 Å². The topological polar surface area (TPSA) is 88.1 Å². The summed E-state index contributed by atoms with van der Waals surface area (Å²) in [6.07, 6.45) is 6.05. The fourth-order valence-electron chi connectivity index (χ4n) is 3.80. The highest BCUT2D eigenvalue weighted by atomic mass is 32.2. The minimum Gasteiger partial charge on any atom is -0.494 e. The Balaban J connectivity index is 1.70. The molecular weight excluding hydrogens is 426 g/mol. The third-order valence-corrected chi connectivity index (χ3v) is 7.42. The van der Waals surface area contributed by atoms with Crippen LogP contribution >= 0.6 is 0 Å². The highest BCUT2D eigenvalue weighted by Crippen LogP contribution is 2.27. The molecule has 1 aliphatic rings. The number of aryl methyl sites for hydroxylation is 1. The summed E-state index contributed by atoms with van der Waals surface area (Å²) in [5.74, 6) is 0.298. The van der Waals surface area contributed by atoms with E-state index in [-0.39, 0.29) is 17.5 Å². The van der Waals surface area contributed by atoms with Gasteiger partial charge in [-0.05, 0) is 68.7 Å². The third kappa shape index (κ3) is 6.40. The largest absolute Gasteiger partial charge is 0.494 e. The van der Waals surface area contributed by atoms with Crippen molar-refractivity contribution in [2.75, 3.05) is 13.2 Å². The number of sulfonamides is 1. The van der Waals surface area contributed by atoms with Crippen molar-refractivity contribution in [3.05, 3.63) is 59.7 Å². The maximum Gasteiger partial charge on any atom is 0.255 e. The Morgan fingerprint density at radius 1 is 1.09 bits per heavy atom. The SMILES string of the molecule is CCOc1ccc(/C=N\NC(=O)CN(C2CCCCC2)S(=O)(=O)c2ccc(C)cc2)cc1. The predicted octanol–water partition coefficient (Wildman–Crippen LogP) is 3.87. The van der Waals surface area contributed by atoms with Crippen LogP contribution < -0.4 is 10.2 Å². The van der Waals surface area contributed by atoms with Gasteiger partial charge in [-0.3, -0.25) is 4.79 Å². The van der Waals surface area contributed by atoms with Gasteiger partial charge in [0.25, 0.3) is 5.91 Å². The highest BCUT2D eigenvalue weighted by molar-refractivity contribution is 7.89. The molecule has 172 valence electrons. The van der Waals surface area contributed by atoms with E-state index >= 15 is 0 Å². The van der Waals surface area contributed by atoms with Crippen molar-refractivity contribution in [2.24, 2.45) is 5.10 Å². The Morgan fingerprint density at radius 2 is 1.75 bits per heavy atom. The average molecular weight is 458 g/mol. The van der Waals surface area contributed by atoms with Gasteiger partial charge in [-0.2, -0.15) is 9.41 Å². The molecule has 0 unspecified atom stereocenters. The van der Waals surface area contributed by atoms with Crippen LogP contribution in [0, 0.1) is 6.92 Å². The van der Waals surface area contributed by atoms with Gasteiger partial charge in [0.1, 0.15) is 5.75 Å². The Kier molecular flexibility index (Phi) is 8.41. The van der Waals surface area contributed by atoms with E-state index in [0.29, 0.717) is 6.61 Å². The summed E-state index contributed by atoms with van der Waals surface area (Å²) in [6.45, 7) is 4.15. The van der Waals surface area contributed by atoms with E-state index < -0.39 is 15.9 Å². The molecule has 2 aromatic carbocycles. The van der Waals surface area contributed by atoms with Crippen molar-refractivity contribution in [2.45, 2.75) is 56.9 Å². The van der Waals surface area contributed by atoms with E-state index in [1.807, 2.05) is 38.1 Å². The number of hydrogen-bond donors (Lipinski definition) is 1. The van der Waals surface area contributed by atoms with Gasteiger partial charge in [0.05, 0.1) is 24.3 Å². The van der Waals surface area contributed by atoms with Crippen LogP contribution in [0.2, 0.25) is 0 Å². The smallest absolute Gasteiger partial charge is 0.255 e. The van der Waals surface area contributed by atoms with Crippen molar-refractivity contribution in [3.8, 4) is 5.75 Å². The number of amides is 1. The van der Waals surface area contributed by atoms with E-state index in [4.69, 9.17) is 4.74 Å². The lowest BCUT2D eigenvalue weighted by Crippen LogP contribution is -2.46. The second kappa shape index (κ2) is 11.2. The van der Waals surface area contributed by atoms with Gasteiger partial charge in [0.2, 0.25) is 10.0 Å². The van der Waals surface area contributed by atoms with Crippen molar-refractivity contribution >= 4 is 22.1 Å². The fourth-order valence-corrected chi connectivity index (χ4v) is 5.44. The number of hydrazone groups is 1. The van der Waals surface area contributed by atoms with Crippen molar-refractivity contribution in [1.29, 1.82) is 0 Å². The van der Waals surface area contributed by atoms with Crippen LogP contribution in [0.25, 0.3) is 0 Å². The van der Waals surface area contributed by atoms with Gasteiger partial charge >= 0.3 is 0 Å². The number of ether oxygens (including phenoxy) is 1. The first kappa shape index (κ1) is 23.9. The average Bonchev–Trinajstić information content (AvgIpc) is 2.79. The molecule has 0 aliphatic heterocycles. The highest BCUT2D eigenvalue weighted by Gasteiger charge is 2.33. The second-order valence-corrected chi connectivity index (χ2v) is 9.84. The zero-order valence-corrected chi connectivity index (χ0v) is 19.5. The Labute approximate surface area is 190 Å². The summed E-state index contributed by atoms with van der Waals surface area (Å²) in [4.78, 5) is 12.8. The maximum atomic E-state index is 13.4. The number of nitrogens with one attached hydrogen (secondary N) is 1. The van der Waals surface area contributed by atoms with Gasteiger partial charge in [0, 0.05) is 6.04 Å². The molecule has 1 N–H and O–H groups in total. The summed E-state index contributed by atoms with van der Waals surface area (Å²) in [5, 5.41) is 3.99. The second-order valence-electron chi connectivity index (χ2n) is 7.95. The van der Waals surface area contributed by atoms with E-state index in [2.05, 4.69) is 10.5 Å². The summed E-state index contributed by atoms with van der Waals surface area (Å²) < 4.78 is 33.5. The summed E-state index contributed by atoms with van der Waals surface area (Å²) in [5.41, 5.74) is 4.24. The van der Waals surface area contributed by atoms with Crippen LogP contribution in [0.1, 0.15) is 50.2 Å². The third-order valence-electron chi connectivity index (χ3n) is 5.50. The monoisotopic (exact) mass is 457 g/mol. The van der Waals surface area contributed by atoms with Gasteiger partial charge in [-0.1, -0.05) is 37.0 Å². The van der Waals surface area contributed by atoms with E-state index in [1.165, 1.54) is 10.5 Å². The Hall–Kier alpha value is -2.71. The number of benzene rings is 2. The molecule has 1 fully saturated rings. The summed E-state index contributed by atoms with van der Waals surface area (Å²) in [6, 6.07) is 13.9. The maximum absolute atomic E-state index is 13.4. The molecule has 0 radical (unpaired) electrons. The molecule has 0 heterocycles. The lowest BCUT2D eigenvalue weighted by atomic mass is 9.95. The van der Waals surface area contributed by atoms with Crippen LogP contribution in [0.15, 0.2) is 58.5 Å². The normalized spacial score (nSPS) is 15.2. The Morgan fingerprint density at radius 3 is 2.38 bits per heavy atom. The first-order chi connectivity index (χ1) is 15.4. The molecule has 0 spiro atoms. The number of hydrogen-bond acceptors (Lipinski definition) is 5. The molecular formula is C24H31N3O4S. The number of carbonyl (C=O) groups is 1. The fraction of sp³-hybridized carbons (Fsp3) is 0.417. The van der Waals surface area contributed by atoms with Gasteiger partial charge in [-0.25, -0.2) is 13.8 Å². The standard InChI is InChI=1S/C24H31N3O4S/c1-3-31-22-13-11-20(12-14-22)17-25-26-24(28)18-27(21-7-5-4-6-8-21)32(29,30)23-15-9-19(2)10-16-23/h9-17,21H,3-8,18H2,1-2H3,(H,26,28)/b25-17-. The molecule has 8 heteroatoms. The summed E-state index contributed by atoms with van der Waals surface area (Å²) in [7, 11) is -3.79. The molecule has 1 aliphatic carbocycles. The molecule has 2 aromatic rings. The van der Waals surface area contributed by atoms with Crippen molar-refractivity contribution in [3.63, 3.8) is 0 Å². The molecule has 7 nitrogen and oxygen atoms in total. The van der Waals surface area contributed by atoms with Crippen LogP contribution in [-0.4, -0.2) is 44.0 Å². The van der Waals surface area contributed by atoms with Crippen LogP contribution in [-0.2, 0) is 14.8 Å². The summed E-state index contributed by atoms with van der Waals surface area (Å²) >= 11 is 0. The Bertz CT molecular complexity index is 1010. The molecule has 0 bridgehead atoms. The first-order valence-corrected chi connectivity index (χ1v) is 12.5. The molecule has 3 rings (SSSR count). The minimum absolute atomic E-state index is 0.184. The number of nitrogens with zero attached hydrogens (tertiary/aromatic N) is 2. The quantitative estimate of drug-likeness (QED) is 0.457.